The van der Waals surface area contributed by atoms with E-state index < -0.39 is 24.2 Å². The molecule has 2 amide bonds. The number of phenols is 1. The van der Waals surface area contributed by atoms with Gasteiger partial charge < -0.3 is 39.9 Å². The molecule has 7 heterocycles. The van der Waals surface area contributed by atoms with Crippen molar-refractivity contribution in [2.45, 2.75) is 82.9 Å². The quantitative estimate of drug-likeness (QED) is 0.120. The molecule has 4 N–H and O–H groups in total. The third kappa shape index (κ3) is 9.39. The number of rotatable bonds is 13. The van der Waals surface area contributed by atoms with Gasteiger partial charge in [0.25, 0.3) is 5.88 Å². The first-order valence-corrected chi connectivity index (χ1v) is 23.5. The average molecular weight is 909 g/mol. The second-order valence-electron chi connectivity index (χ2n) is 18.0. The summed E-state index contributed by atoms with van der Waals surface area (Å²) in [6.45, 7) is 12.3. The molecule has 0 saturated carbocycles. The van der Waals surface area contributed by atoms with Crippen LogP contribution in [0.15, 0.2) is 70.7 Å². The Morgan fingerprint density at radius 2 is 1.86 bits per heavy atom. The molecule has 9 rings (SSSR count). The predicted octanol–water partition coefficient (Wildman–Crippen LogP) is 5.26. The monoisotopic (exact) mass is 908 g/mol. The zero-order chi connectivity index (χ0) is 45.4. The van der Waals surface area contributed by atoms with Crippen LogP contribution in [0.5, 0.6) is 11.6 Å². The molecule has 0 bridgehead atoms. The van der Waals surface area contributed by atoms with Crippen LogP contribution in [0.2, 0.25) is 0 Å². The maximum atomic E-state index is 16.0. The van der Waals surface area contributed by atoms with E-state index in [-0.39, 0.29) is 67.1 Å². The number of carbonyl (C=O) groups excluding carboxylic acids is 2. The van der Waals surface area contributed by atoms with Gasteiger partial charge in [0.2, 0.25) is 11.8 Å². The number of nitrogens with zero attached hydrogens (tertiary/aromatic N) is 8. The molecule has 0 spiro atoms. The number of piperazine rings is 1. The topological polar surface area (TPSA) is 186 Å². The Hall–Kier alpha value is -5.69. The van der Waals surface area contributed by atoms with Gasteiger partial charge in [-0.1, -0.05) is 50.2 Å². The van der Waals surface area contributed by atoms with Crippen molar-refractivity contribution in [2.75, 3.05) is 69.2 Å². The minimum Gasteiger partial charge on any atom is -0.507 e. The Morgan fingerprint density at radius 1 is 1.05 bits per heavy atom. The summed E-state index contributed by atoms with van der Waals surface area (Å²) in [6, 6.07) is 17.5. The van der Waals surface area contributed by atoms with Crippen molar-refractivity contribution >= 4 is 34.7 Å². The predicted molar refractivity (Wildman–Crippen MR) is 245 cm³/mol. The number of amides is 2. The second kappa shape index (κ2) is 19.0. The summed E-state index contributed by atoms with van der Waals surface area (Å²) in [4.78, 5) is 41.5. The van der Waals surface area contributed by atoms with Crippen molar-refractivity contribution in [3.8, 4) is 33.3 Å². The number of likely N-dealkylation sites (tertiary alicyclic amines) is 2. The van der Waals surface area contributed by atoms with Crippen LogP contribution in [-0.2, 0) is 9.59 Å². The number of alkyl halides is 1. The number of aliphatic hydroxyl groups excluding tert-OH is 1. The molecule has 0 radical (unpaired) electrons. The summed E-state index contributed by atoms with van der Waals surface area (Å²) >= 11 is 1.58. The molecule has 16 nitrogen and oxygen atoms in total. The Morgan fingerprint density at radius 3 is 2.62 bits per heavy atom. The Bertz CT molecular complexity index is 2470. The van der Waals surface area contributed by atoms with Gasteiger partial charge in [0.1, 0.15) is 30.5 Å². The maximum absolute atomic E-state index is 16.0. The highest BCUT2D eigenvalue weighted by Crippen LogP contribution is 2.38. The van der Waals surface area contributed by atoms with Crippen LogP contribution < -0.4 is 20.3 Å². The first-order chi connectivity index (χ1) is 31.4. The van der Waals surface area contributed by atoms with E-state index in [9.17, 15) is 19.8 Å². The summed E-state index contributed by atoms with van der Waals surface area (Å²) < 4.78 is 27.6. The van der Waals surface area contributed by atoms with E-state index in [1.807, 2.05) is 75.7 Å². The summed E-state index contributed by atoms with van der Waals surface area (Å²) in [7, 11) is 0. The zero-order valence-corrected chi connectivity index (χ0v) is 38.0. The van der Waals surface area contributed by atoms with Crippen LogP contribution >= 0.6 is 11.3 Å². The number of phenolic OH excluding ortho intramolecular Hbond substituents is 1. The van der Waals surface area contributed by atoms with E-state index in [1.165, 1.54) is 4.90 Å². The Labute approximate surface area is 381 Å². The molecule has 3 saturated heterocycles. The van der Waals surface area contributed by atoms with Crippen LogP contribution in [0.25, 0.3) is 21.7 Å². The molecular weight excluding hydrogens is 852 g/mol. The highest BCUT2D eigenvalue weighted by Gasteiger charge is 2.44. The number of fused-ring (bicyclic) bond motifs is 3. The summed E-state index contributed by atoms with van der Waals surface area (Å²) in [5.41, 5.74) is 6.95. The summed E-state index contributed by atoms with van der Waals surface area (Å²) in [6.07, 6.45) is -1.05. The molecule has 3 fully saturated rings. The molecule has 5 aromatic rings. The van der Waals surface area contributed by atoms with Gasteiger partial charge in [-0.05, 0) is 67.2 Å². The minimum absolute atomic E-state index is 0.0298. The lowest BCUT2D eigenvalue weighted by Gasteiger charge is -2.49. The van der Waals surface area contributed by atoms with E-state index in [4.69, 9.17) is 9.26 Å². The van der Waals surface area contributed by atoms with E-state index >= 15 is 4.39 Å². The fraction of sp³-hybridized carbons (Fsp3) is 0.489. The number of hydrogen-bond acceptors (Lipinski definition) is 15. The second-order valence-corrected chi connectivity index (χ2v) is 18.9. The van der Waals surface area contributed by atoms with Gasteiger partial charge in [-0.25, -0.2) is 9.37 Å². The van der Waals surface area contributed by atoms with Crippen molar-refractivity contribution in [3.63, 3.8) is 0 Å². The number of hydrogen-bond donors (Lipinski definition) is 4. The van der Waals surface area contributed by atoms with Crippen LogP contribution in [0.1, 0.15) is 62.6 Å². The highest BCUT2D eigenvalue weighted by molar-refractivity contribution is 7.13. The molecule has 7 atom stereocenters. The fourth-order valence-corrected chi connectivity index (χ4v) is 10.7. The summed E-state index contributed by atoms with van der Waals surface area (Å²) in [5.74, 6) is -0.221. The number of aryl methyl sites for hydroxylation is 1. The number of piperidine rings is 1. The Kier molecular flexibility index (Phi) is 13.0. The lowest BCUT2D eigenvalue weighted by molar-refractivity contribution is -0.141. The third-order valence-electron chi connectivity index (χ3n) is 13.4. The van der Waals surface area contributed by atoms with Crippen molar-refractivity contribution in [1.29, 1.82) is 0 Å². The van der Waals surface area contributed by atoms with Crippen molar-refractivity contribution in [3.05, 3.63) is 83.2 Å². The average Bonchev–Trinajstić information content (AvgIpc) is 4.06. The smallest absolute Gasteiger partial charge is 0.254 e. The van der Waals surface area contributed by atoms with Crippen molar-refractivity contribution < 1.29 is 33.5 Å². The number of halogens is 1. The molecule has 4 aliphatic heterocycles. The molecule has 2 aromatic carbocycles. The number of thiazole rings is 1. The standard InChI is InChI=1S/C47H57FN10O6S/c1-27(2)43(47(62)58-24-33(59)19-39(58)46(61)51-28(3)30-9-11-31(12-10-30)44-29(4)50-26-65-44)41-21-42(54-64-41)63-18-17-55-14-13-37(35(48)25-55)56-15-16-57-32(23-56)22-49-45-38(57)20-36(52-53-45)34-7-5-6-8-40(34)60/h5-12,20-21,26-28,32-33,35,37,39,43,59-60H,13-19,22-25H2,1-4H3,(H,49,53)(H,51,61)/t28-,32-,33+,35?,37?,39-,43+/m0/s1. The van der Waals surface area contributed by atoms with Gasteiger partial charge in [0.05, 0.1) is 45.7 Å². The first kappa shape index (κ1) is 44.5. The van der Waals surface area contributed by atoms with Crippen molar-refractivity contribution in [2.24, 2.45) is 5.92 Å². The summed E-state index contributed by atoms with van der Waals surface area (Å²) in [5, 5.41) is 40.5. The molecule has 0 aliphatic carbocycles. The van der Waals surface area contributed by atoms with E-state index in [1.54, 1.807) is 29.5 Å². The normalized spacial score (nSPS) is 23.4. The lowest BCUT2D eigenvalue weighted by atomic mass is 9.91. The molecular formula is C47H57FN10O6S. The van der Waals surface area contributed by atoms with Gasteiger partial charge in [-0.2, -0.15) is 0 Å². The maximum Gasteiger partial charge on any atom is 0.254 e. The molecule has 3 aromatic heterocycles. The zero-order valence-electron chi connectivity index (χ0n) is 37.1. The molecule has 18 heteroatoms. The molecule has 2 unspecified atom stereocenters. The molecule has 4 aliphatic rings. The Balaban J connectivity index is 0.753. The molecule has 65 heavy (non-hydrogen) atoms. The number of aromatic hydroxyl groups is 1. The van der Waals surface area contributed by atoms with E-state index in [0.29, 0.717) is 48.9 Å². The first-order valence-electron chi connectivity index (χ1n) is 22.6. The van der Waals surface area contributed by atoms with Crippen LogP contribution in [0.4, 0.5) is 15.9 Å². The lowest BCUT2D eigenvalue weighted by Crippen LogP contribution is -2.63. The third-order valence-corrected chi connectivity index (χ3v) is 14.4. The number of para-hydroxylation sites is 1. The van der Waals surface area contributed by atoms with Crippen LogP contribution in [0, 0.1) is 12.8 Å². The SMILES string of the molecule is Cc1ncsc1-c1ccc([C@H](C)NC(=O)[C@@H]2C[C@@H](O)CN2C(=O)[C@@H](c2cc(OCCN3CCC(N4CCN5c6cc(-c7ccccc7O)nnc6NC[C@H]5C4)C(F)C3)no2)C(C)C)cc1. The minimum atomic E-state index is -1.03. The van der Waals surface area contributed by atoms with Gasteiger partial charge in [0.15, 0.2) is 11.6 Å². The number of aliphatic hydroxyl groups is 1. The number of β-amino-alcohol motifs (C(OH)–C–C–N with tert-alkyl or cyclic N) is 1. The van der Waals surface area contributed by atoms with Crippen LogP contribution in [-0.4, -0.2) is 146 Å². The largest absolute Gasteiger partial charge is 0.507 e. The van der Waals surface area contributed by atoms with Gasteiger partial charge in [0, 0.05) is 69.9 Å². The molecule has 344 valence electrons. The van der Waals surface area contributed by atoms with Gasteiger partial charge in [-0.3, -0.25) is 19.4 Å². The van der Waals surface area contributed by atoms with E-state index in [0.717, 1.165) is 53.6 Å². The van der Waals surface area contributed by atoms with Gasteiger partial charge in [-0.15, -0.1) is 21.5 Å². The van der Waals surface area contributed by atoms with Crippen LogP contribution in [0.3, 0.4) is 0 Å². The number of aromatic nitrogens is 4. The number of carbonyl (C=O) groups is 2. The van der Waals surface area contributed by atoms with Gasteiger partial charge >= 0.3 is 0 Å². The number of nitrogens with one attached hydrogen (secondary N) is 2. The number of ether oxygens (including phenoxy) is 1. The highest BCUT2D eigenvalue weighted by atomic mass is 32.1. The number of anilines is 2. The van der Waals surface area contributed by atoms with E-state index in [2.05, 4.69) is 45.7 Å². The number of benzene rings is 2. The van der Waals surface area contributed by atoms with Crippen molar-refractivity contribution in [1.82, 2.24) is 40.4 Å². The fourth-order valence-electron chi connectivity index (χ4n) is 9.89.